The van der Waals surface area contributed by atoms with Gasteiger partial charge in [-0.3, -0.25) is 0 Å². The largest absolute Gasteiger partial charge is 0.454 e. The first-order valence-corrected chi connectivity index (χ1v) is 4.75. The third-order valence-electron chi connectivity index (χ3n) is 2.06. The van der Waals surface area contributed by atoms with Crippen LogP contribution in [0, 0.1) is 12.7 Å². The molecule has 0 unspecified atom stereocenters. The lowest BCUT2D eigenvalue weighted by molar-refractivity contribution is 0.442. The molecule has 0 amide bonds. The summed E-state index contributed by atoms with van der Waals surface area (Å²) in [5.41, 5.74) is 0.882. The number of halogens is 1. The van der Waals surface area contributed by atoms with Crippen molar-refractivity contribution in [3.05, 3.63) is 59.9 Å². The van der Waals surface area contributed by atoms with Gasteiger partial charge in [0.1, 0.15) is 5.75 Å². The Labute approximate surface area is 88.1 Å². The minimum absolute atomic E-state index is 0.256. The van der Waals surface area contributed by atoms with Gasteiger partial charge in [0, 0.05) is 0 Å². The van der Waals surface area contributed by atoms with Crippen LogP contribution < -0.4 is 4.74 Å². The molecule has 0 fully saturated rings. The predicted octanol–water partition coefficient (Wildman–Crippen LogP) is 3.93. The number of ether oxygens (including phenoxy) is 1. The summed E-state index contributed by atoms with van der Waals surface area (Å²) in [6.45, 7) is 1.84. The van der Waals surface area contributed by atoms with E-state index in [0.717, 1.165) is 5.56 Å². The molecule has 15 heavy (non-hydrogen) atoms. The zero-order valence-corrected chi connectivity index (χ0v) is 8.41. The fourth-order valence-electron chi connectivity index (χ4n) is 1.30. The highest BCUT2D eigenvalue weighted by molar-refractivity contribution is 5.33. The van der Waals surface area contributed by atoms with Crippen molar-refractivity contribution >= 4 is 0 Å². The molecule has 0 radical (unpaired) electrons. The van der Waals surface area contributed by atoms with E-state index in [1.165, 1.54) is 6.07 Å². The second-order valence-corrected chi connectivity index (χ2v) is 3.35. The third-order valence-corrected chi connectivity index (χ3v) is 2.06. The van der Waals surface area contributed by atoms with Gasteiger partial charge in [-0.1, -0.05) is 24.3 Å². The standard InChI is InChI=1S/C13H11FO/c1-10-7-8-13(12(14)9-10)15-11-5-3-2-4-6-11/h2-9H,1H3. The molecule has 0 aliphatic heterocycles. The summed E-state index contributed by atoms with van der Waals surface area (Å²) in [5, 5.41) is 0. The van der Waals surface area contributed by atoms with Gasteiger partial charge in [-0.2, -0.15) is 0 Å². The van der Waals surface area contributed by atoms with E-state index in [9.17, 15) is 4.39 Å². The molecule has 0 atom stereocenters. The zero-order chi connectivity index (χ0) is 10.7. The zero-order valence-electron chi connectivity index (χ0n) is 8.41. The molecule has 2 aromatic carbocycles. The summed E-state index contributed by atoms with van der Waals surface area (Å²) in [7, 11) is 0. The molecular formula is C13H11FO. The number of para-hydroxylation sites is 1. The topological polar surface area (TPSA) is 9.23 Å². The molecule has 0 spiro atoms. The van der Waals surface area contributed by atoms with E-state index >= 15 is 0 Å². The van der Waals surface area contributed by atoms with Crippen molar-refractivity contribution in [3.63, 3.8) is 0 Å². The van der Waals surface area contributed by atoms with Crippen LogP contribution in [0.25, 0.3) is 0 Å². The van der Waals surface area contributed by atoms with Crippen molar-refractivity contribution in [2.24, 2.45) is 0 Å². The molecule has 0 N–H and O–H groups in total. The van der Waals surface area contributed by atoms with Crippen LogP contribution in [0.5, 0.6) is 11.5 Å². The normalized spacial score (nSPS) is 10.0. The molecule has 76 valence electrons. The highest BCUT2D eigenvalue weighted by atomic mass is 19.1. The van der Waals surface area contributed by atoms with E-state index in [4.69, 9.17) is 4.74 Å². The Kier molecular flexibility index (Phi) is 2.68. The van der Waals surface area contributed by atoms with E-state index in [1.807, 2.05) is 31.2 Å². The Morgan fingerprint density at radius 1 is 1.00 bits per heavy atom. The fraction of sp³-hybridized carbons (Fsp3) is 0.0769. The minimum Gasteiger partial charge on any atom is -0.454 e. The number of rotatable bonds is 2. The van der Waals surface area contributed by atoms with Gasteiger partial charge in [0.25, 0.3) is 0 Å². The average molecular weight is 202 g/mol. The van der Waals surface area contributed by atoms with Gasteiger partial charge < -0.3 is 4.74 Å². The summed E-state index contributed by atoms with van der Waals surface area (Å²) < 4.78 is 18.8. The molecule has 0 aromatic heterocycles. The van der Waals surface area contributed by atoms with Gasteiger partial charge in [-0.05, 0) is 36.8 Å². The third kappa shape index (κ3) is 2.34. The van der Waals surface area contributed by atoms with Crippen molar-refractivity contribution < 1.29 is 9.13 Å². The quantitative estimate of drug-likeness (QED) is 0.717. The molecule has 0 aliphatic carbocycles. The number of benzene rings is 2. The van der Waals surface area contributed by atoms with Crippen molar-refractivity contribution in [3.8, 4) is 11.5 Å². The second-order valence-electron chi connectivity index (χ2n) is 3.35. The van der Waals surface area contributed by atoms with Crippen LogP contribution in [0.3, 0.4) is 0 Å². The van der Waals surface area contributed by atoms with Gasteiger partial charge in [-0.15, -0.1) is 0 Å². The van der Waals surface area contributed by atoms with Crippen molar-refractivity contribution in [1.29, 1.82) is 0 Å². The second kappa shape index (κ2) is 4.13. The molecule has 0 bridgehead atoms. The van der Waals surface area contributed by atoms with Crippen LogP contribution in [0.4, 0.5) is 4.39 Å². The van der Waals surface area contributed by atoms with E-state index in [2.05, 4.69) is 0 Å². The van der Waals surface area contributed by atoms with Crippen LogP contribution in [0.15, 0.2) is 48.5 Å². The molecule has 0 heterocycles. The Morgan fingerprint density at radius 2 is 1.73 bits per heavy atom. The lowest BCUT2D eigenvalue weighted by Gasteiger charge is -2.06. The molecule has 1 nitrogen and oxygen atoms in total. The van der Waals surface area contributed by atoms with Crippen molar-refractivity contribution in [1.82, 2.24) is 0 Å². The summed E-state index contributed by atoms with van der Waals surface area (Å²) in [5.74, 6) is 0.561. The highest BCUT2D eigenvalue weighted by Gasteiger charge is 2.03. The molecule has 2 rings (SSSR count). The molecule has 2 aromatic rings. The Morgan fingerprint density at radius 3 is 2.40 bits per heavy atom. The van der Waals surface area contributed by atoms with E-state index in [-0.39, 0.29) is 11.6 Å². The van der Waals surface area contributed by atoms with Gasteiger partial charge in [-0.25, -0.2) is 4.39 Å². The molecule has 0 aliphatic rings. The number of hydrogen-bond acceptors (Lipinski definition) is 1. The van der Waals surface area contributed by atoms with Gasteiger partial charge in [0.2, 0.25) is 0 Å². The first-order valence-electron chi connectivity index (χ1n) is 4.75. The van der Waals surface area contributed by atoms with Crippen molar-refractivity contribution in [2.75, 3.05) is 0 Å². The molecule has 2 heteroatoms. The Hall–Kier alpha value is -1.83. The predicted molar refractivity (Wildman–Crippen MR) is 57.7 cm³/mol. The summed E-state index contributed by atoms with van der Waals surface area (Å²) in [6, 6.07) is 14.1. The van der Waals surface area contributed by atoms with Crippen LogP contribution >= 0.6 is 0 Å². The summed E-state index contributed by atoms with van der Waals surface area (Å²) in [6.07, 6.45) is 0. The minimum atomic E-state index is -0.334. The SMILES string of the molecule is Cc1ccc(Oc2ccccc2)c(F)c1. The molecule has 0 saturated heterocycles. The lowest BCUT2D eigenvalue weighted by Crippen LogP contribution is -1.88. The summed E-state index contributed by atoms with van der Waals surface area (Å²) >= 11 is 0. The number of hydrogen-bond donors (Lipinski definition) is 0. The van der Waals surface area contributed by atoms with Crippen LogP contribution in [0.1, 0.15) is 5.56 Å². The van der Waals surface area contributed by atoms with Gasteiger partial charge in [0.15, 0.2) is 11.6 Å². The monoisotopic (exact) mass is 202 g/mol. The molecular weight excluding hydrogens is 191 g/mol. The average Bonchev–Trinajstić information content (AvgIpc) is 2.24. The number of aryl methyl sites for hydroxylation is 1. The first-order chi connectivity index (χ1) is 7.25. The van der Waals surface area contributed by atoms with E-state index in [0.29, 0.717) is 5.75 Å². The lowest BCUT2D eigenvalue weighted by atomic mass is 10.2. The van der Waals surface area contributed by atoms with Gasteiger partial charge >= 0.3 is 0 Å². The molecule has 0 saturated carbocycles. The van der Waals surface area contributed by atoms with Crippen LogP contribution in [0.2, 0.25) is 0 Å². The fourth-order valence-corrected chi connectivity index (χ4v) is 1.30. The maximum Gasteiger partial charge on any atom is 0.165 e. The van der Waals surface area contributed by atoms with Crippen molar-refractivity contribution in [2.45, 2.75) is 6.92 Å². The summed E-state index contributed by atoms with van der Waals surface area (Å²) in [4.78, 5) is 0. The maximum absolute atomic E-state index is 13.4. The van der Waals surface area contributed by atoms with Crippen LogP contribution in [-0.4, -0.2) is 0 Å². The van der Waals surface area contributed by atoms with Gasteiger partial charge in [0.05, 0.1) is 0 Å². The smallest absolute Gasteiger partial charge is 0.165 e. The Balaban J connectivity index is 2.25. The van der Waals surface area contributed by atoms with E-state index < -0.39 is 0 Å². The first kappa shape index (κ1) is 9.71. The Bertz CT molecular complexity index is 451. The van der Waals surface area contributed by atoms with E-state index in [1.54, 1.807) is 18.2 Å². The highest BCUT2D eigenvalue weighted by Crippen LogP contribution is 2.24. The van der Waals surface area contributed by atoms with Crippen LogP contribution in [-0.2, 0) is 0 Å². The maximum atomic E-state index is 13.4.